The molecule has 150 valence electrons. The van der Waals surface area contributed by atoms with Crippen LogP contribution in [0, 0.1) is 6.92 Å². The summed E-state index contributed by atoms with van der Waals surface area (Å²) in [6.45, 7) is 8.40. The van der Waals surface area contributed by atoms with Gasteiger partial charge in [-0.15, -0.1) is 0 Å². The van der Waals surface area contributed by atoms with Crippen molar-refractivity contribution in [1.82, 2.24) is 15.5 Å². The summed E-state index contributed by atoms with van der Waals surface area (Å²) in [6, 6.07) is 6.46. The van der Waals surface area contributed by atoms with Gasteiger partial charge in [-0.25, -0.2) is 0 Å². The molecule has 6 nitrogen and oxygen atoms in total. The zero-order chi connectivity index (χ0) is 18.9. The molecule has 0 atom stereocenters. The first kappa shape index (κ1) is 20.0. The number of aryl methyl sites for hydroxylation is 1. The zero-order valence-electron chi connectivity index (χ0n) is 16.8. The smallest absolute Gasteiger partial charge is 0.191 e. The molecule has 2 aliphatic rings. The van der Waals surface area contributed by atoms with Crippen molar-refractivity contribution in [3.05, 3.63) is 29.3 Å². The minimum atomic E-state index is 0.372. The molecule has 0 aromatic heterocycles. The highest BCUT2D eigenvalue weighted by Crippen LogP contribution is 2.27. The fourth-order valence-corrected chi connectivity index (χ4v) is 3.66. The summed E-state index contributed by atoms with van der Waals surface area (Å²) in [5.41, 5.74) is 2.42. The van der Waals surface area contributed by atoms with Gasteiger partial charge in [0.2, 0.25) is 0 Å². The van der Waals surface area contributed by atoms with Crippen molar-refractivity contribution in [2.75, 3.05) is 46.4 Å². The van der Waals surface area contributed by atoms with Gasteiger partial charge in [0.1, 0.15) is 5.75 Å². The topological polar surface area (TPSA) is 58.1 Å². The Balaban J connectivity index is 1.48. The number of guanidine groups is 1. The summed E-state index contributed by atoms with van der Waals surface area (Å²) in [7, 11) is 1.81. The minimum absolute atomic E-state index is 0.372. The van der Waals surface area contributed by atoms with Gasteiger partial charge in [0.15, 0.2) is 5.96 Å². The summed E-state index contributed by atoms with van der Waals surface area (Å²) in [4.78, 5) is 6.76. The maximum Gasteiger partial charge on any atom is 0.191 e. The first-order valence-electron chi connectivity index (χ1n) is 10.3. The van der Waals surface area contributed by atoms with Crippen LogP contribution in [0.5, 0.6) is 5.75 Å². The molecule has 6 heteroatoms. The van der Waals surface area contributed by atoms with Crippen molar-refractivity contribution in [1.29, 1.82) is 0 Å². The molecule has 0 spiro atoms. The Morgan fingerprint density at radius 1 is 1.22 bits per heavy atom. The van der Waals surface area contributed by atoms with Crippen molar-refractivity contribution < 1.29 is 9.47 Å². The molecule has 27 heavy (non-hydrogen) atoms. The highest BCUT2D eigenvalue weighted by Gasteiger charge is 2.18. The van der Waals surface area contributed by atoms with Crippen LogP contribution in [0.1, 0.15) is 36.8 Å². The predicted octanol–water partition coefficient (Wildman–Crippen LogP) is 2.31. The van der Waals surface area contributed by atoms with Gasteiger partial charge in [0.05, 0.1) is 19.3 Å². The average molecular weight is 375 g/mol. The SMILES string of the molecule is CN=C(NCCN1CCOCC1)NCc1ccc(C)cc1OC1CCCC1. The van der Waals surface area contributed by atoms with Crippen molar-refractivity contribution in [2.24, 2.45) is 4.99 Å². The normalized spacial score (nSPS) is 19.3. The van der Waals surface area contributed by atoms with Crippen LogP contribution >= 0.6 is 0 Å². The molecule has 3 rings (SSSR count). The lowest BCUT2D eigenvalue weighted by Crippen LogP contribution is -2.44. The molecule has 2 N–H and O–H groups in total. The summed E-state index contributed by atoms with van der Waals surface area (Å²) in [5.74, 6) is 1.84. The van der Waals surface area contributed by atoms with Crippen LogP contribution < -0.4 is 15.4 Å². The van der Waals surface area contributed by atoms with Crippen LogP contribution in [0.4, 0.5) is 0 Å². The summed E-state index contributed by atoms with van der Waals surface area (Å²) >= 11 is 0. The Morgan fingerprint density at radius 3 is 2.74 bits per heavy atom. The molecule has 0 amide bonds. The van der Waals surface area contributed by atoms with E-state index in [-0.39, 0.29) is 0 Å². The van der Waals surface area contributed by atoms with Crippen molar-refractivity contribution in [2.45, 2.75) is 45.3 Å². The van der Waals surface area contributed by atoms with Gasteiger partial charge >= 0.3 is 0 Å². The Hall–Kier alpha value is -1.79. The number of benzene rings is 1. The highest BCUT2D eigenvalue weighted by atomic mass is 16.5. The van der Waals surface area contributed by atoms with Gasteiger partial charge in [-0.1, -0.05) is 12.1 Å². The number of hydrogen-bond donors (Lipinski definition) is 2. The van der Waals surface area contributed by atoms with Crippen LogP contribution in [0.3, 0.4) is 0 Å². The quantitative estimate of drug-likeness (QED) is 0.567. The molecule has 1 saturated heterocycles. The van der Waals surface area contributed by atoms with Crippen LogP contribution in [-0.4, -0.2) is 63.4 Å². The number of hydrogen-bond acceptors (Lipinski definition) is 4. The molecule has 0 unspecified atom stereocenters. The standard InChI is InChI=1S/C21H34N4O2/c1-17-7-8-18(20(15-17)27-19-5-3-4-6-19)16-24-21(22-2)23-9-10-25-11-13-26-14-12-25/h7-8,15,19H,3-6,9-14,16H2,1-2H3,(H2,22,23,24). The maximum absolute atomic E-state index is 6.29. The van der Waals surface area contributed by atoms with E-state index >= 15 is 0 Å². The first-order valence-corrected chi connectivity index (χ1v) is 10.3. The number of aliphatic imine (C=N–C) groups is 1. The molecular weight excluding hydrogens is 340 g/mol. The average Bonchev–Trinajstić information content (AvgIpc) is 3.19. The van der Waals surface area contributed by atoms with Gasteiger partial charge in [-0.2, -0.15) is 0 Å². The fourth-order valence-electron chi connectivity index (χ4n) is 3.66. The van der Waals surface area contributed by atoms with E-state index < -0.39 is 0 Å². The van der Waals surface area contributed by atoms with E-state index in [1.54, 1.807) is 0 Å². The third-order valence-corrected chi connectivity index (χ3v) is 5.31. The zero-order valence-corrected chi connectivity index (χ0v) is 16.8. The molecule has 1 saturated carbocycles. The molecule has 0 radical (unpaired) electrons. The van der Waals surface area contributed by atoms with E-state index in [0.29, 0.717) is 12.6 Å². The minimum Gasteiger partial charge on any atom is -0.490 e. The molecule has 0 bridgehead atoms. The largest absolute Gasteiger partial charge is 0.490 e. The third-order valence-electron chi connectivity index (χ3n) is 5.31. The number of morpholine rings is 1. The molecule has 1 aromatic rings. The predicted molar refractivity (Wildman–Crippen MR) is 110 cm³/mol. The summed E-state index contributed by atoms with van der Waals surface area (Å²) in [6.07, 6.45) is 5.28. The monoisotopic (exact) mass is 374 g/mol. The second-order valence-corrected chi connectivity index (χ2v) is 7.44. The Bertz CT molecular complexity index is 608. The number of rotatable bonds is 7. The Labute approximate surface area is 163 Å². The molecule has 1 aliphatic carbocycles. The number of nitrogens with zero attached hydrogens (tertiary/aromatic N) is 2. The van der Waals surface area contributed by atoms with E-state index in [9.17, 15) is 0 Å². The van der Waals surface area contributed by atoms with Gasteiger partial charge < -0.3 is 20.1 Å². The molecule has 1 heterocycles. The lowest BCUT2D eigenvalue weighted by Gasteiger charge is -2.26. The molecule has 1 aromatic carbocycles. The van der Waals surface area contributed by atoms with Gasteiger partial charge in [0.25, 0.3) is 0 Å². The number of ether oxygens (including phenoxy) is 2. The van der Waals surface area contributed by atoms with Gasteiger partial charge in [0, 0.05) is 45.3 Å². The molecular formula is C21H34N4O2. The van der Waals surface area contributed by atoms with Crippen LogP contribution in [0.25, 0.3) is 0 Å². The van der Waals surface area contributed by atoms with E-state index in [1.165, 1.54) is 36.8 Å². The van der Waals surface area contributed by atoms with Crippen molar-refractivity contribution in [3.8, 4) is 5.75 Å². The van der Waals surface area contributed by atoms with Gasteiger partial charge in [-0.3, -0.25) is 9.89 Å². The molecule has 1 aliphatic heterocycles. The van der Waals surface area contributed by atoms with Crippen molar-refractivity contribution >= 4 is 5.96 Å². The lowest BCUT2D eigenvalue weighted by molar-refractivity contribution is 0.0389. The third kappa shape index (κ3) is 6.40. The second-order valence-electron chi connectivity index (χ2n) is 7.44. The fraction of sp³-hybridized carbons (Fsp3) is 0.667. The summed E-state index contributed by atoms with van der Waals surface area (Å²) in [5, 5.41) is 6.83. The summed E-state index contributed by atoms with van der Waals surface area (Å²) < 4.78 is 11.7. The van der Waals surface area contributed by atoms with Crippen LogP contribution in [0.15, 0.2) is 23.2 Å². The van der Waals surface area contributed by atoms with Crippen LogP contribution in [0.2, 0.25) is 0 Å². The van der Waals surface area contributed by atoms with E-state index in [0.717, 1.165) is 51.1 Å². The lowest BCUT2D eigenvalue weighted by atomic mass is 10.1. The first-order chi connectivity index (χ1) is 13.2. The maximum atomic E-state index is 6.29. The van der Waals surface area contributed by atoms with Gasteiger partial charge in [-0.05, 0) is 44.2 Å². The Morgan fingerprint density at radius 2 is 2.00 bits per heavy atom. The van der Waals surface area contributed by atoms with E-state index in [2.05, 4.69) is 45.6 Å². The Kier molecular flexibility index (Phi) is 7.78. The number of nitrogens with one attached hydrogen (secondary N) is 2. The van der Waals surface area contributed by atoms with E-state index in [1.807, 2.05) is 7.05 Å². The van der Waals surface area contributed by atoms with E-state index in [4.69, 9.17) is 9.47 Å². The molecule has 2 fully saturated rings. The van der Waals surface area contributed by atoms with Crippen molar-refractivity contribution in [3.63, 3.8) is 0 Å². The highest BCUT2D eigenvalue weighted by molar-refractivity contribution is 5.79. The second kappa shape index (κ2) is 10.5. The van der Waals surface area contributed by atoms with Crippen LogP contribution in [-0.2, 0) is 11.3 Å².